The predicted molar refractivity (Wildman–Crippen MR) is 262 cm³/mol. The third-order valence-electron chi connectivity index (χ3n) is 12.7. The Balaban J connectivity index is 0.000000236. The Labute approximate surface area is 408 Å². The number of methoxy groups -OCH3 is 1. The van der Waals surface area contributed by atoms with Gasteiger partial charge in [-0.15, -0.1) is 13.2 Å². The molecule has 5 aromatic carbocycles. The number of nitrogens with one attached hydrogen (secondary N) is 3. The van der Waals surface area contributed by atoms with E-state index < -0.39 is 23.6 Å². The van der Waals surface area contributed by atoms with E-state index in [1.54, 1.807) is 38.3 Å². The topological polar surface area (TPSA) is 87.3 Å². The average molecular weight is 974 g/mol. The second kappa shape index (κ2) is 25.3. The van der Waals surface area contributed by atoms with E-state index in [1.807, 2.05) is 61.5 Å². The van der Waals surface area contributed by atoms with E-state index >= 15 is 0 Å². The number of carbonyl (C=O) groups is 1. The number of hydrogen-bond donors (Lipinski definition) is 3. The molecule has 0 unspecified atom stereocenters. The van der Waals surface area contributed by atoms with Crippen molar-refractivity contribution in [1.29, 1.82) is 0 Å². The zero-order valence-electron chi connectivity index (χ0n) is 40.4. The van der Waals surface area contributed by atoms with Crippen molar-refractivity contribution in [2.75, 3.05) is 52.9 Å². The van der Waals surface area contributed by atoms with Gasteiger partial charge in [0.05, 0.1) is 12.7 Å². The summed E-state index contributed by atoms with van der Waals surface area (Å²) < 4.78 is 93.7. The van der Waals surface area contributed by atoms with E-state index in [1.165, 1.54) is 24.3 Å². The first-order valence-electron chi connectivity index (χ1n) is 23.9. The Hall–Kier alpha value is -5.87. The van der Waals surface area contributed by atoms with Crippen LogP contribution in [-0.2, 0) is 37.2 Å². The number of nitrogens with zero attached hydrogens (tertiary/aromatic N) is 2. The summed E-state index contributed by atoms with van der Waals surface area (Å²) in [5.41, 5.74) is 5.36. The monoisotopic (exact) mass is 973 g/mol. The van der Waals surface area contributed by atoms with E-state index in [0.29, 0.717) is 31.8 Å². The third kappa shape index (κ3) is 15.6. The number of unbranched alkanes of at least 4 members (excludes halogenated alkanes) is 1. The molecule has 1 amide bonds. The molecule has 0 aliphatic carbocycles. The number of ether oxygens (including phenoxy) is 3. The van der Waals surface area contributed by atoms with Crippen LogP contribution >= 0.6 is 0 Å². The largest absolute Gasteiger partial charge is 0.573 e. The van der Waals surface area contributed by atoms with Gasteiger partial charge in [0.15, 0.2) is 0 Å². The van der Waals surface area contributed by atoms with Crippen LogP contribution in [0.25, 0.3) is 5.57 Å². The molecule has 2 aliphatic heterocycles. The predicted octanol–water partition coefficient (Wildman–Crippen LogP) is 11.1. The van der Waals surface area contributed by atoms with Gasteiger partial charge in [-0.25, -0.2) is 0 Å². The van der Waals surface area contributed by atoms with Crippen molar-refractivity contribution in [2.24, 2.45) is 0 Å². The number of rotatable bonds is 18. The number of alkyl halides is 6. The Morgan fingerprint density at radius 1 is 0.757 bits per heavy atom. The number of carbonyl (C=O) groups excluding carboxylic acids is 1. The van der Waals surface area contributed by atoms with E-state index in [9.17, 15) is 31.1 Å². The lowest BCUT2D eigenvalue weighted by Gasteiger charge is -2.37. The van der Waals surface area contributed by atoms with Gasteiger partial charge < -0.3 is 24.8 Å². The van der Waals surface area contributed by atoms with Gasteiger partial charge in [-0.3, -0.25) is 19.9 Å². The maximum absolute atomic E-state index is 13.8. The summed E-state index contributed by atoms with van der Waals surface area (Å²) in [7, 11) is 1.66. The molecule has 2 saturated heterocycles. The lowest BCUT2D eigenvalue weighted by molar-refractivity contribution is -0.274. The van der Waals surface area contributed by atoms with Crippen LogP contribution in [0, 0.1) is 6.92 Å². The van der Waals surface area contributed by atoms with Crippen molar-refractivity contribution < 1.29 is 45.3 Å². The second-order valence-electron chi connectivity index (χ2n) is 17.7. The van der Waals surface area contributed by atoms with E-state index in [-0.39, 0.29) is 17.2 Å². The fourth-order valence-corrected chi connectivity index (χ4v) is 8.84. The van der Waals surface area contributed by atoms with Gasteiger partial charge in [0, 0.05) is 52.4 Å². The highest BCUT2D eigenvalue weighted by molar-refractivity contribution is 5.86. The van der Waals surface area contributed by atoms with Crippen LogP contribution in [0.1, 0.15) is 84.0 Å². The summed E-state index contributed by atoms with van der Waals surface area (Å²) in [6.07, 6.45) is -3.75. The highest BCUT2D eigenvalue weighted by atomic mass is 19.4. The van der Waals surface area contributed by atoms with Crippen LogP contribution in [0.3, 0.4) is 0 Å². The molecule has 15 heteroatoms. The number of benzene rings is 5. The molecule has 0 aromatic heterocycles. The third-order valence-corrected chi connectivity index (χ3v) is 12.7. The number of piperidine rings is 1. The normalized spacial score (nSPS) is 15.7. The van der Waals surface area contributed by atoms with Gasteiger partial charge in [-0.2, -0.15) is 13.2 Å². The molecule has 0 atom stereocenters. The van der Waals surface area contributed by atoms with Crippen molar-refractivity contribution in [3.63, 3.8) is 0 Å². The summed E-state index contributed by atoms with van der Waals surface area (Å²) in [4.78, 5) is 17.4. The fourth-order valence-electron chi connectivity index (χ4n) is 8.84. The van der Waals surface area contributed by atoms with Crippen molar-refractivity contribution in [2.45, 2.75) is 90.8 Å². The first-order valence-corrected chi connectivity index (χ1v) is 23.9. The van der Waals surface area contributed by atoms with E-state index in [0.717, 1.165) is 122 Å². The molecule has 0 spiro atoms. The van der Waals surface area contributed by atoms with Crippen LogP contribution < -0.4 is 30.2 Å². The summed E-state index contributed by atoms with van der Waals surface area (Å²) in [6, 6.07) is 33.3. The van der Waals surface area contributed by atoms with Gasteiger partial charge in [0.2, 0.25) is 5.91 Å². The molecular weight excluding hydrogens is 909 g/mol. The molecule has 5 aromatic rings. The Morgan fingerprint density at radius 3 is 2.04 bits per heavy atom. The molecular formula is C55H65F6N5O4. The minimum Gasteiger partial charge on any atom is -0.497 e. The molecule has 2 aliphatic rings. The zero-order chi connectivity index (χ0) is 50.2. The number of halogens is 6. The summed E-state index contributed by atoms with van der Waals surface area (Å²) in [5, 5.41) is 10.0. The number of allylic oxidation sites excluding steroid dienone is 1. The number of aryl methyl sites for hydroxylation is 1. The Kier molecular flexibility index (Phi) is 19.3. The van der Waals surface area contributed by atoms with Crippen molar-refractivity contribution >= 4 is 11.5 Å². The Morgan fingerprint density at radius 2 is 1.40 bits per heavy atom. The number of piperazine rings is 1. The van der Waals surface area contributed by atoms with Crippen LogP contribution in [0.4, 0.5) is 26.3 Å². The van der Waals surface area contributed by atoms with E-state index in [2.05, 4.69) is 49.5 Å². The molecule has 0 saturated carbocycles. The number of hydrogen-bond acceptors (Lipinski definition) is 8. The molecule has 3 N–H and O–H groups in total. The molecule has 376 valence electrons. The van der Waals surface area contributed by atoms with Crippen LogP contribution in [0.2, 0.25) is 0 Å². The minimum atomic E-state index is -4.72. The van der Waals surface area contributed by atoms with Gasteiger partial charge >= 0.3 is 12.5 Å². The molecule has 2 heterocycles. The summed E-state index contributed by atoms with van der Waals surface area (Å²) in [6.45, 7) is 13.6. The van der Waals surface area contributed by atoms with Crippen LogP contribution in [0.15, 0.2) is 121 Å². The summed E-state index contributed by atoms with van der Waals surface area (Å²) >= 11 is 0. The molecule has 0 bridgehead atoms. The maximum atomic E-state index is 13.8. The summed E-state index contributed by atoms with van der Waals surface area (Å²) in [5.74, 6) is 1.53. The highest BCUT2D eigenvalue weighted by Crippen LogP contribution is 2.39. The van der Waals surface area contributed by atoms with Crippen molar-refractivity contribution in [3.05, 3.63) is 166 Å². The SMILES string of the molecule is C/C=C(/c1ccccc1C(F)(F)F)c1c(C)cccc1CN1CCN(Cc2ccc(OC(F)(F)F)cc2)CC1.CCCCNC(=O)C1(NCc2ccc(OCc3cccc(OC)c3)cc2)CCNCC1. The molecule has 9 nitrogen and oxygen atoms in total. The highest BCUT2D eigenvalue weighted by Gasteiger charge is 2.39. The Bertz CT molecular complexity index is 2450. The lowest BCUT2D eigenvalue weighted by atomic mass is 9.87. The van der Waals surface area contributed by atoms with Crippen molar-refractivity contribution in [1.82, 2.24) is 25.8 Å². The standard InChI is InChI=1S/C30H30F6N2O.C25H35N3O3/c1-3-25(26-9-4-5-10-27(26)29(31,32)33)28-21(2)7-6-8-23(28)20-38-17-15-37(16-18-38)19-22-11-13-24(14-12-22)39-30(34,35)36;1-3-4-14-27-24(29)25(12-15-26-16-13-25)28-18-20-8-10-22(11-9-20)31-19-21-6-5-7-23(17-21)30-2/h3-14H,15-20H2,1-2H3;5-11,17,26,28H,3-4,12-16,18-19H2,1-2H3,(H,27,29)/b25-3-;. The minimum absolute atomic E-state index is 0.126. The average Bonchev–Trinajstić information content (AvgIpc) is 3.35. The van der Waals surface area contributed by atoms with Crippen LogP contribution in [0.5, 0.6) is 17.2 Å². The molecule has 7 rings (SSSR count). The maximum Gasteiger partial charge on any atom is 0.573 e. The zero-order valence-corrected chi connectivity index (χ0v) is 40.4. The van der Waals surface area contributed by atoms with Crippen molar-refractivity contribution in [3.8, 4) is 17.2 Å². The van der Waals surface area contributed by atoms with Gasteiger partial charge in [-0.1, -0.05) is 92.2 Å². The van der Waals surface area contributed by atoms with Gasteiger partial charge in [0.1, 0.15) is 29.4 Å². The molecule has 2 fully saturated rings. The smallest absolute Gasteiger partial charge is 0.497 e. The van der Waals surface area contributed by atoms with Crippen LogP contribution in [-0.4, -0.2) is 80.5 Å². The van der Waals surface area contributed by atoms with E-state index in [4.69, 9.17) is 9.47 Å². The first kappa shape index (κ1) is 53.5. The van der Waals surface area contributed by atoms with Gasteiger partial charge in [-0.05, 0) is 133 Å². The fraction of sp³-hybridized carbons (Fsp3) is 0.400. The quantitative estimate of drug-likeness (QED) is 0.0591. The number of amides is 1. The lowest BCUT2D eigenvalue weighted by Crippen LogP contribution is -2.61. The molecule has 0 radical (unpaired) electrons. The van der Waals surface area contributed by atoms with Gasteiger partial charge in [0.25, 0.3) is 0 Å². The first-order chi connectivity index (χ1) is 33.6. The second-order valence-corrected chi connectivity index (χ2v) is 17.7. The molecule has 70 heavy (non-hydrogen) atoms.